The number of fused-ring (bicyclic) bond motifs is 1. The first-order chi connectivity index (χ1) is 9.53. The Morgan fingerprint density at radius 1 is 1.30 bits per heavy atom. The van der Waals surface area contributed by atoms with Crippen LogP contribution in [0.5, 0.6) is 11.5 Å². The molecule has 0 aromatic heterocycles. The monoisotopic (exact) mass is 277 g/mol. The number of aliphatic hydroxyl groups is 1. The predicted molar refractivity (Wildman–Crippen MR) is 77.3 cm³/mol. The second-order valence-corrected chi connectivity index (χ2v) is 6.24. The number of ether oxygens (including phenoxy) is 2. The molecule has 2 atom stereocenters. The maximum absolute atomic E-state index is 10.9. The van der Waals surface area contributed by atoms with Gasteiger partial charge in [-0.25, -0.2) is 0 Å². The van der Waals surface area contributed by atoms with Crippen molar-refractivity contribution in [2.24, 2.45) is 0 Å². The van der Waals surface area contributed by atoms with E-state index in [0.717, 1.165) is 30.2 Å². The lowest BCUT2D eigenvalue weighted by Gasteiger charge is -2.47. The highest BCUT2D eigenvalue weighted by molar-refractivity contribution is 5.44. The Balaban J connectivity index is 1.99. The standard InChI is InChI=1S/C16H23NO3/c1-16(2)15(17-8-4-5-9-17)14(18)12-10-11(19-3)6-7-13(12)20-16/h6-7,10,14-15,18H,4-5,8-9H2,1-3H3. The number of hydrogen-bond acceptors (Lipinski definition) is 4. The highest BCUT2D eigenvalue weighted by Gasteiger charge is 2.46. The van der Waals surface area contributed by atoms with Gasteiger partial charge in [-0.3, -0.25) is 4.90 Å². The van der Waals surface area contributed by atoms with Gasteiger partial charge in [0.2, 0.25) is 0 Å². The van der Waals surface area contributed by atoms with E-state index in [1.54, 1.807) is 7.11 Å². The molecular formula is C16H23NO3. The largest absolute Gasteiger partial charge is 0.497 e. The Kier molecular flexibility index (Phi) is 3.38. The molecule has 1 N–H and O–H groups in total. The molecule has 3 rings (SSSR count). The molecule has 2 aliphatic rings. The molecule has 2 heterocycles. The molecule has 1 aromatic rings. The Labute approximate surface area is 120 Å². The van der Waals surface area contributed by atoms with Crippen molar-refractivity contribution in [3.05, 3.63) is 23.8 Å². The van der Waals surface area contributed by atoms with E-state index < -0.39 is 11.7 Å². The van der Waals surface area contributed by atoms with E-state index in [-0.39, 0.29) is 6.04 Å². The topological polar surface area (TPSA) is 41.9 Å². The number of benzene rings is 1. The van der Waals surface area contributed by atoms with E-state index in [4.69, 9.17) is 9.47 Å². The summed E-state index contributed by atoms with van der Waals surface area (Å²) < 4.78 is 11.4. The summed E-state index contributed by atoms with van der Waals surface area (Å²) >= 11 is 0. The number of rotatable bonds is 2. The number of hydrogen-bond donors (Lipinski definition) is 1. The van der Waals surface area contributed by atoms with Crippen molar-refractivity contribution >= 4 is 0 Å². The van der Waals surface area contributed by atoms with Gasteiger partial charge in [-0.05, 0) is 58.0 Å². The Bertz CT molecular complexity index is 494. The third kappa shape index (κ3) is 2.17. The molecule has 110 valence electrons. The van der Waals surface area contributed by atoms with Crippen molar-refractivity contribution in [3.8, 4) is 11.5 Å². The summed E-state index contributed by atoms with van der Waals surface area (Å²) in [6, 6.07) is 5.64. The predicted octanol–water partition coefficient (Wildman–Crippen LogP) is 2.36. The zero-order chi connectivity index (χ0) is 14.3. The van der Waals surface area contributed by atoms with E-state index in [1.165, 1.54) is 12.8 Å². The fraction of sp³-hybridized carbons (Fsp3) is 0.625. The Morgan fingerprint density at radius 3 is 2.65 bits per heavy atom. The molecule has 4 heteroatoms. The smallest absolute Gasteiger partial charge is 0.126 e. The van der Waals surface area contributed by atoms with Gasteiger partial charge in [-0.1, -0.05) is 0 Å². The normalized spacial score (nSPS) is 28.8. The van der Waals surface area contributed by atoms with Crippen LogP contribution < -0.4 is 9.47 Å². The van der Waals surface area contributed by atoms with E-state index in [2.05, 4.69) is 18.7 Å². The lowest BCUT2D eigenvalue weighted by Crippen LogP contribution is -2.57. The molecule has 0 radical (unpaired) electrons. The highest BCUT2D eigenvalue weighted by Crippen LogP contribution is 2.44. The molecule has 1 fully saturated rings. The van der Waals surface area contributed by atoms with Crippen LogP contribution in [-0.2, 0) is 0 Å². The van der Waals surface area contributed by atoms with Gasteiger partial charge < -0.3 is 14.6 Å². The highest BCUT2D eigenvalue weighted by atomic mass is 16.5. The van der Waals surface area contributed by atoms with E-state index in [9.17, 15) is 5.11 Å². The van der Waals surface area contributed by atoms with Crippen LogP contribution in [0.4, 0.5) is 0 Å². The van der Waals surface area contributed by atoms with Crippen LogP contribution >= 0.6 is 0 Å². The third-order valence-electron chi connectivity index (χ3n) is 4.45. The number of likely N-dealkylation sites (tertiary alicyclic amines) is 1. The van der Waals surface area contributed by atoms with E-state index in [0.29, 0.717) is 0 Å². The molecule has 0 aliphatic carbocycles. The molecule has 2 unspecified atom stereocenters. The SMILES string of the molecule is COc1ccc2c(c1)C(O)C(N1CCCC1)C(C)(C)O2. The average molecular weight is 277 g/mol. The van der Waals surface area contributed by atoms with Crippen LogP contribution in [0.3, 0.4) is 0 Å². The van der Waals surface area contributed by atoms with Gasteiger partial charge in [-0.15, -0.1) is 0 Å². The van der Waals surface area contributed by atoms with Gasteiger partial charge in [0.05, 0.1) is 13.2 Å². The molecule has 0 spiro atoms. The van der Waals surface area contributed by atoms with E-state index in [1.807, 2.05) is 18.2 Å². The summed E-state index contributed by atoms with van der Waals surface area (Å²) in [7, 11) is 1.64. The van der Waals surface area contributed by atoms with Crippen LogP contribution in [0.1, 0.15) is 38.4 Å². The quantitative estimate of drug-likeness (QED) is 0.901. The minimum absolute atomic E-state index is 0.00962. The minimum atomic E-state index is -0.540. The molecular weight excluding hydrogens is 254 g/mol. The Morgan fingerprint density at radius 2 is 2.00 bits per heavy atom. The molecule has 0 amide bonds. The van der Waals surface area contributed by atoms with Crippen molar-refractivity contribution in [1.82, 2.24) is 4.90 Å². The zero-order valence-corrected chi connectivity index (χ0v) is 12.4. The van der Waals surface area contributed by atoms with Gasteiger partial charge in [-0.2, -0.15) is 0 Å². The van der Waals surface area contributed by atoms with Gasteiger partial charge in [0, 0.05) is 5.56 Å². The first-order valence-electron chi connectivity index (χ1n) is 7.32. The second kappa shape index (κ2) is 4.93. The summed E-state index contributed by atoms with van der Waals surface area (Å²) in [5.74, 6) is 1.52. The second-order valence-electron chi connectivity index (χ2n) is 6.24. The van der Waals surface area contributed by atoms with Crippen LogP contribution in [0.25, 0.3) is 0 Å². The van der Waals surface area contributed by atoms with E-state index >= 15 is 0 Å². The van der Waals surface area contributed by atoms with Crippen molar-refractivity contribution in [2.45, 2.75) is 44.4 Å². The molecule has 2 aliphatic heterocycles. The maximum atomic E-state index is 10.9. The summed E-state index contributed by atoms with van der Waals surface area (Å²) in [6.45, 7) is 6.19. The number of nitrogens with zero attached hydrogens (tertiary/aromatic N) is 1. The van der Waals surface area contributed by atoms with Gasteiger partial charge in [0.25, 0.3) is 0 Å². The number of aliphatic hydroxyl groups excluding tert-OH is 1. The third-order valence-corrected chi connectivity index (χ3v) is 4.45. The van der Waals surface area contributed by atoms with Gasteiger partial charge in [0.15, 0.2) is 0 Å². The molecule has 0 saturated carbocycles. The first kappa shape index (κ1) is 13.7. The summed E-state index contributed by atoms with van der Waals surface area (Å²) in [6.07, 6.45) is 1.86. The van der Waals surface area contributed by atoms with Crippen molar-refractivity contribution in [2.75, 3.05) is 20.2 Å². The van der Waals surface area contributed by atoms with Crippen molar-refractivity contribution in [1.29, 1.82) is 0 Å². The lowest BCUT2D eigenvalue weighted by molar-refractivity contribution is -0.0758. The van der Waals surface area contributed by atoms with Gasteiger partial charge >= 0.3 is 0 Å². The van der Waals surface area contributed by atoms with Crippen LogP contribution in [0.2, 0.25) is 0 Å². The fourth-order valence-corrected chi connectivity index (χ4v) is 3.53. The summed E-state index contributed by atoms with van der Waals surface area (Å²) in [5.41, 5.74) is 0.436. The summed E-state index contributed by atoms with van der Waals surface area (Å²) in [4.78, 5) is 2.35. The molecule has 20 heavy (non-hydrogen) atoms. The van der Waals surface area contributed by atoms with Crippen LogP contribution in [0.15, 0.2) is 18.2 Å². The van der Waals surface area contributed by atoms with Crippen molar-refractivity contribution < 1.29 is 14.6 Å². The Hall–Kier alpha value is -1.26. The zero-order valence-electron chi connectivity index (χ0n) is 12.4. The number of methoxy groups -OCH3 is 1. The molecule has 1 aromatic carbocycles. The molecule has 1 saturated heterocycles. The lowest BCUT2D eigenvalue weighted by atomic mass is 9.85. The van der Waals surface area contributed by atoms with Crippen LogP contribution in [-0.4, -0.2) is 41.8 Å². The maximum Gasteiger partial charge on any atom is 0.126 e. The first-order valence-corrected chi connectivity index (χ1v) is 7.32. The average Bonchev–Trinajstić information content (AvgIpc) is 2.91. The van der Waals surface area contributed by atoms with Crippen LogP contribution in [0, 0.1) is 0 Å². The van der Waals surface area contributed by atoms with Crippen molar-refractivity contribution in [3.63, 3.8) is 0 Å². The molecule has 4 nitrogen and oxygen atoms in total. The molecule has 0 bridgehead atoms. The van der Waals surface area contributed by atoms with Gasteiger partial charge in [0.1, 0.15) is 23.2 Å². The summed E-state index contributed by atoms with van der Waals surface area (Å²) in [5, 5.41) is 10.9. The minimum Gasteiger partial charge on any atom is -0.497 e. The fourth-order valence-electron chi connectivity index (χ4n) is 3.53.